The summed E-state index contributed by atoms with van der Waals surface area (Å²) in [6.45, 7) is 0. The van der Waals surface area contributed by atoms with Crippen LogP contribution < -0.4 is 4.90 Å². The normalized spacial score (nSPS) is 11.7. The third-order valence-corrected chi connectivity index (χ3v) is 8.35. The smallest absolute Gasteiger partial charge is 0.144 e. The first-order valence-corrected chi connectivity index (χ1v) is 14.4. The van der Waals surface area contributed by atoms with E-state index in [9.17, 15) is 0 Å². The zero-order chi connectivity index (χ0) is 28.3. The second-order valence-electron chi connectivity index (χ2n) is 10.8. The molecule has 0 aliphatic carbocycles. The van der Waals surface area contributed by atoms with Gasteiger partial charge in [0.15, 0.2) is 0 Å². The van der Waals surface area contributed by atoms with Gasteiger partial charge in [-0.3, -0.25) is 4.98 Å². The number of pyridine rings is 1. The molecule has 202 valence electrons. The van der Waals surface area contributed by atoms with Crippen molar-refractivity contribution in [1.82, 2.24) is 4.98 Å². The van der Waals surface area contributed by atoms with E-state index in [4.69, 9.17) is 8.83 Å². The Morgan fingerprint density at radius 1 is 0.442 bits per heavy atom. The highest BCUT2D eigenvalue weighted by molar-refractivity contribution is 6.15. The summed E-state index contributed by atoms with van der Waals surface area (Å²) in [5, 5.41) is 6.47. The Morgan fingerprint density at radius 3 is 1.91 bits per heavy atom. The quantitative estimate of drug-likeness (QED) is 0.218. The van der Waals surface area contributed by atoms with Crippen LogP contribution in [0.25, 0.3) is 65.8 Å². The number of furan rings is 2. The fourth-order valence-electron chi connectivity index (χ4n) is 6.26. The lowest BCUT2D eigenvalue weighted by Gasteiger charge is -2.26. The topological polar surface area (TPSA) is 42.4 Å². The van der Waals surface area contributed by atoms with E-state index in [2.05, 4.69) is 119 Å². The van der Waals surface area contributed by atoms with Crippen molar-refractivity contribution in [1.29, 1.82) is 0 Å². The summed E-state index contributed by atoms with van der Waals surface area (Å²) in [5.41, 5.74) is 9.01. The molecule has 0 aliphatic rings. The standard InChI is InChI=1S/C39H24N2O2/c1-2-6-25(7-3-1)26-10-13-28(14-11-26)41(29-15-18-37-33(22-29)31-8-4-5-9-36(31)42-37)30-16-19-38-34(23-30)32-17-12-27-20-21-40-24-35(27)39(32)43-38/h1-24H. The maximum absolute atomic E-state index is 6.40. The Balaban J connectivity index is 1.25. The third-order valence-electron chi connectivity index (χ3n) is 8.35. The Morgan fingerprint density at radius 2 is 1.09 bits per heavy atom. The van der Waals surface area contributed by atoms with Gasteiger partial charge in [-0.1, -0.05) is 66.7 Å². The van der Waals surface area contributed by atoms with Crippen LogP contribution >= 0.6 is 0 Å². The molecule has 0 atom stereocenters. The highest BCUT2D eigenvalue weighted by Gasteiger charge is 2.18. The fourth-order valence-corrected chi connectivity index (χ4v) is 6.26. The number of anilines is 3. The van der Waals surface area contributed by atoms with Crippen LogP contribution in [-0.4, -0.2) is 4.98 Å². The van der Waals surface area contributed by atoms with Crippen LogP contribution in [0.4, 0.5) is 17.1 Å². The van der Waals surface area contributed by atoms with E-state index in [1.165, 1.54) is 11.1 Å². The predicted molar refractivity (Wildman–Crippen MR) is 176 cm³/mol. The molecule has 0 amide bonds. The Bertz CT molecular complexity index is 2450. The summed E-state index contributed by atoms with van der Waals surface area (Å²) in [7, 11) is 0. The first-order chi connectivity index (χ1) is 21.3. The predicted octanol–water partition coefficient (Wildman–Crippen LogP) is 11.2. The second kappa shape index (κ2) is 9.33. The van der Waals surface area contributed by atoms with Crippen LogP contribution in [0, 0.1) is 0 Å². The van der Waals surface area contributed by atoms with Gasteiger partial charge in [-0.05, 0) is 83.2 Å². The molecule has 0 spiro atoms. The summed E-state index contributed by atoms with van der Waals surface area (Å²) < 4.78 is 12.6. The van der Waals surface area contributed by atoms with Crippen LogP contribution in [-0.2, 0) is 0 Å². The number of nitrogens with zero attached hydrogens (tertiary/aromatic N) is 2. The summed E-state index contributed by atoms with van der Waals surface area (Å²) in [6, 6.07) is 46.6. The lowest BCUT2D eigenvalue weighted by Crippen LogP contribution is -2.09. The Hall–Kier alpha value is -5.87. The van der Waals surface area contributed by atoms with Crippen molar-refractivity contribution in [2.24, 2.45) is 0 Å². The Kier molecular flexibility index (Phi) is 5.16. The molecular formula is C39H24N2O2. The molecule has 0 fully saturated rings. The van der Waals surface area contributed by atoms with Crippen molar-refractivity contribution in [3.8, 4) is 11.1 Å². The van der Waals surface area contributed by atoms with Crippen LogP contribution in [0.5, 0.6) is 0 Å². The van der Waals surface area contributed by atoms with E-state index in [-0.39, 0.29) is 0 Å². The molecule has 0 unspecified atom stereocenters. The van der Waals surface area contributed by atoms with E-state index >= 15 is 0 Å². The van der Waals surface area contributed by atoms with E-state index in [1.54, 1.807) is 0 Å². The number of para-hydroxylation sites is 1. The minimum atomic E-state index is 0.853. The zero-order valence-corrected chi connectivity index (χ0v) is 23.1. The maximum Gasteiger partial charge on any atom is 0.144 e. The average Bonchev–Trinajstić information content (AvgIpc) is 3.64. The van der Waals surface area contributed by atoms with Gasteiger partial charge in [0.25, 0.3) is 0 Å². The van der Waals surface area contributed by atoms with Gasteiger partial charge < -0.3 is 13.7 Å². The summed E-state index contributed by atoms with van der Waals surface area (Å²) in [5.74, 6) is 0. The summed E-state index contributed by atoms with van der Waals surface area (Å²) in [6.07, 6.45) is 3.70. The molecule has 9 rings (SSSR count). The molecule has 0 saturated heterocycles. The molecule has 0 N–H and O–H groups in total. The molecule has 6 aromatic carbocycles. The van der Waals surface area contributed by atoms with Gasteiger partial charge in [-0.2, -0.15) is 0 Å². The number of rotatable bonds is 4. The van der Waals surface area contributed by atoms with Gasteiger partial charge >= 0.3 is 0 Å². The third kappa shape index (κ3) is 3.81. The van der Waals surface area contributed by atoms with Gasteiger partial charge in [0.1, 0.15) is 22.3 Å². The molecule has 4 heteroatoms. The van der Waals surface area contributed by atoms with Crippen molar-refractivity contribution in [2.75, 3.05) is 4.90 Å². The van der Waals surface area contributed by atoms with Gasteiger partial charge in [0.2, 0.25) is 0 Å². The number of fused-ring (bicyclic) bond motifs is 8. The van der Waals surface area contributed by atoms with Crippen LogP contribution in [0.2, 0.25) is 0 Å². The highest BCUT2D eigenvalue weighted by atomic mass is 16.3. The lowest BCUT2D eigenvalue weighted by molar-refractivity contribution is 0.669. The summed E-state index contributed by atoms with van der Waals surface area (Å²) in [4.78, 5) is 6.66. The van der Waals surface area contributed by atoms with E-state index in [1.807, 2.05) is 36.7 Å². The molecule has 0 saturated carbocycles. The maximum atomic E-state index is 6.40. The van der Waals surface area contributed by atoms with Crippen molar-refractivity contribution >= 4 is 71.7 Å². The number of hydrogen-bond donors (Lipinski definition) is 0. The van der Waals surface area contributed by atoms with E-state index in [0.29, 0.717) is 0 Å². The molecule has 9 aromatic rings. The van der Waals surface area contributed by atoms with Crippen LogP contribution in [0.1, 0.15) is 0 Å². The van der Waals surface area contributed by atoms with Gasteiger partial charge in [-0.15, -0.1) is 0 Å². The fraction of sp³-hybridized carbons (Fsp3) is 0. The van der Waals surface area contributed by atoms with Gasteiger partial charge in [-0.25, -0.2) is 0 Å². The Labute approximate surface area is 247 Å². The van der Waals surface area contributed by atoms with Crippen LogP contribution in [0.15, 0.2) is 155 Å². The molecule has 0 radical (unpaired) electrons. The molecule has 0 bridgehead atoms. The number of benzene rings is 6. The monoisotopic (exact) mass is 552 g/mol. The highest BCUT2D eigenvalue weighted by Crippen LogP contribution is 2.42. The van der Waals surface area contributed by atoms with Crippen molar-refractivity contribution in [2.45, 2.75) is 0 Å². The van der Waals surface area contributed by atoms with Crippen molar-refractivity contribution < 1.29 is 8.83 Å². The van der Waals surface area contributed by atoms with Crippen molar-refractivity contribution in [3.63, 3.8) is 0 Å². The van der Waals surface area contributed by atoms with E-state index < -0.39 is 0 Å². The minimum Gasteiger partial charge on any atom is -0.456 e. The SMILES string of the molecule is c1ccc(-c2ccc(N(c3ccc4oc5ccccc5c4c3)c3ccc4oc5c6cnccc6ccc5c4c3)cc2)cc1. The molecule has 3 heterocycles. The van der Waals surface area contributed by atoms with E-state index in [0.717, 1.165) is 71.7 Å². The zero-order valence-electron chi connectivity index (χ0n) is 23.1. The molecule has 3 aromatic heterocycles. The molecule has 0 aliphatic heterocycles. The first-order valence-electron chi connectivity index (χ1n) is 14.4. The minimum absolute atomic E-state index is 0.853. The van der Waals surface area contributed by atoms with Gasteiger partial charge in [0.05, 0.1) is 0 Å². The summed E-state index contributed by atoms with van der Waals surface area (Å²) >= 11 is 0. The lowest BCUT2D eigenvalue weighted by atomic mass is 10.0. The van der Waals surface area contributed by atoms with Crippen molar-refractivity contribution in [3.05, 3.63) is 146 Å². The van der Waals surface area contributed by atoms with Gasteiger partial charge in [0, 0.05) is 56.4 Å². The molecular weight excluding hydrogens is 528 g/mol. The molecule has 43 heavy (non-hydrogen) atoms. The number of hydrogen-bond acceptors (Lipinski definition) is 4. The first kappa shape index (κ1) is 23.8. The second-order valence-corrected chi connectivity index (χ2v) is 10.8. The molecule has 4 nitrogen and oxygen atoms in total. The van der Waals surface area contributed by atoms with Crippen LogP contribution in [0.3, 0.4) is 0 Å². The number of aromatic nitrogens is 1. The average molecular weight is 553 g/mol. The largest absolute Gasteiger partial charge is 0.456 e.